The topological polar surface area (TPSA) is 99.3 Å². The van der Waals surface area contributed by atoms with Gasteiger partial charge in [0.2, 0.25) is 0 Å². The molecule has 0 saturated heterocycles. The van der Waals surface area contributed by atoms with E-state index in [2.05, 4.69) is 10.2 Å². The first-order chi connectivity index (χ1) is 10.2. The minimum absolute atomic E-state index is 0.00559. The van der Waals surface area contributed by atoms with E-state index in [4.69, 9.17) is 4.55 Å². The van der Waals surface area contributed by atoms with E-state index in [9.17, 15) is 13.5 Å². The van der Waals surface area contributed by atoms with Crippen molar-refractivity contribution in [1.29, 1.82) is 0 Å². The molecule has 0 aliphatic heterocycles. The predicted molar refractivity (Wildman–Crippen MR) is 82.8 cm³/mol. The molecule has 2 N–H and O–H groups in total. The molecule has 6 nitrogen and oxygen atoms in total. The zero-order valence-electron chi connectivity index (χ0n) is 12.4. The summed E-state index contributed by atoms with van der Waals surface area (Å²) in [6, 6.07) is 7.60. The average molecular weight is 320 g/mol. The zero-order chi connectivity index (χ0) is 16.5. The third-order valence-electron chi connectivity index (χ3n) is 3.31. The fourth-order valence-corrected chi connectivity index (χ4v) is 2.65. The van der Waals surface area contributed by atoms with Gasteiger partial charge in [0.15, 0.2) is 0 Å². The Balaban J connectivity index is 2.41. The molecule has 0 saturated carbocycles. The number of phenols is 1. The molecule has 116 valence electrons. The Hall–Kier alpha value is -2.25. The number of rotatable bonds is 3. The molecule has 0 radical (unpaired) electrons. The minimum atomic E-state index is -4.31. The van der Waals surface area contributed by atoms with Crippen LogP contribution in [-0.4, -0.2) is 18.1 Å². The molecular formula is C15H16N2O4S. The van der Waals surface area contributed by atoms with Gasteiger partial charge in [0.25, 0.3) is 10.1 Å². The van der Waals surface area contributed by atoms with Crippen molar-refractivity contribution >= 4 is 21.5 Å². The lowest BCUT2D eigenvalue weighted by molar-refractivity contribution is 0.475. The first kappa shape index (κ1) is 16.1. The van der Waals surface area contributed by atoms with Crippen molar-refractivity contribution in [3.05, 3.63) is 47.0 Å². The van der Waals surface area contributed by atoms with Crippen molar-refractivity contribution in [2.75, 3.05) is 0 Å². The number of hydrogen-bond donors (Lipinski definition) is 2. The van der Waals surface area contributed by atoms with Crippen LogP contribution in [0.25, 0.3) is 0 Å². The molecule has 0 aliphatic rings. The van der Waals surface area contributed by atoms with Gasteiger partial charge in [-0.15, -0.1) is 5.11 Å². The SMILES string of the molecule is Cc1cc(O)c(N=Nc2ccc(C)c(S(=O)(=O)O)c2)cc1C. The van der Waals surface area contributed by atoms with E-state index >= 15 is 0 Å². The number of aromatic hydroxyl groups is 1. The second-order valence-corrected chi connectivity index (χ2v) is 6.44. The van der Waals surface area contributed by atoms with Crippen molar-refractivity contribution in [3.63, 3.8) is 0 Å². The van der Waals surface area contributed by atoms with E-state index < -0.39 is 10.1 Å². The monoisotopic (exact) mass is 320 g/mol. The van der Waals surface area contributed by atoms with E-state index in [-0.39, 0.29) is 22.0 Å². The summed E-state index contributed by atoms with van der Waals surface area (Å²) < 4.78 is 31.7. The standard InChI is InChI=1S/C15H16N2O4S/c1-9-4-5-12(8-15(9)22(19,20)21)16-17-13-6-10(2)11(3)7-14(13)18/h4-8,18H,1-3H3,(H,19,20,21). The Morgan fingerprint density at radius 3 is 2.18 bits per heavy atom. The maximum absolute atomic E-state index is 11.3. The number of benzene rings is 2. The van der Waals surface area contributed by atoms with Crippen LogP contribution in [0, 0.1) is 20.8 Å². The molecule has 2 rings (SSSR count). The maximum atomic E-state index is 11.3. The molecule has 0 spiro atoms. The van der Waals surface area contributed by atoms with Gasteiger partial charge in [-0.25, -0.2) is 0 Å². The maximum Gasteiger partial charge on any atom is 0.294 e. The fraction of sp³-hybridized carbons (Fsp3) is 0.200. The smallest absolute Gasteiger partial charge is 0.294 e. The second-order valence-electron chi connectivity index (χ2n) is 5.05. The molecule has 0 aromatic heterocycles. The molecule has 22 heavy (non-hydrogen) atoms. The summed E-state index contributed by atoms with van der Waals surface area (Å²) in [7, 11) is -4.31. The number of phenolic OH excluding ortho intramolecular Hbond substituents is 1. The average Bonchev–Trinajstić information content (AvgIpc) is 2.41. The molecule has 0 heterocycles. The Labute approximate surface area is 128 Å². The van der Waals surface area contributed by atoms with Crippen LogP contribution < -0.4 is 0 Å². The van der Waals surface area contributed by atoms with Crippen molar-refractivity contribution in [3.8, 4) is 5.75 Å². The Morgan fingerprint density at radius 2 is 1.55 bits per heavy atom. The molecule has 7 heteroatoms. The first-order valence-corrected chi connectivity index (χ1v) is 7.92. The number of aryl methyl sites for hydroxylation is 3. The lowest BCUT2D eigenvalue weighted by atomic mass is 10.1. The van der Waals surface area contributed by atoms with E-state index in [1.165, 1.54) is 12.1 Å². The Kier molecular flexibility index (Phi) is 4.30. The van der Waals surface area contributed by atoms with Crippen LogP contribution in [-0.2, 0) is 10.1 Å². The molecular weight excluding hydrogens is 304 g/mol. The summed E-state index contributed by atoms with van der Waals surface area (Å²) in [5.74, 6) is -0.00559. The lowest BCUT2D eigenvalue weighted by Crippen LogP contribution is -2.00. The normalized spacial score (nSPS) is 12.0. The summed E-state index contributed by atoms with van der Waals surface area (Å²) in [5.41, 5.74) is 2.85. The molecule has 0 amide bonds. The number of hydrogen-bond acceptors (Lipinski definition) is 5. The molecule has 0 aliphatic carbocycles. The third-order valence-corrected chi connectivity index (χ3v) is 4.31. The van der Waals surface area contributed by atoms with Gasteiger partial charge < -0.3 is 5.11 Å². The highest BCUT2D eigenvalue weighted by Crippen LogP contribution is 2.31. The highest BCUT2D eigenvalue weighted by Gasteiger charge is 2.13. The summed E-state index contributed by atoms with van der Waals surface area (Å²) in [4.78, 5) is -0.215. The summed E-state index contributed by atoms with van der Waals surface area (Å²) in [6.07, 6.45) is 0. The summed E-state index contributed by atoms with van der Waals surface area (Å²) in [6.45, 7) is 5.32. The second kappa shape index (κ2) is 5.86. The van der Waals surface area contributed by atoms with Gasteiger partial charge in [0, 0.05) is 0 Å². The van der Waals surface area contributed by atoms with Crippen molar-refractivity contribution in [2.24, 2.45) is 10.2 Å². The van der Waals surface area contributed by atoms with Crippen LogP contribution in [0.1, 0.15) is 16.7 Å². The number of azo groups is 1. The first-order valence-electron chi connectivity index (χ1n) is 6.48. The molecule has 0 unspecified atom stereocenters. The van der Waals surface area contributed by atoms with Crippen LogP contribution >= 0.6 is 0 Å². The van der Waals surface area contributed by atoms with Gasteiger partial charge in [0.05, 0.1) is 10.6 Å². The van der Waals surface area contributed by atoms with Crippen molar-refractivity contribution in [1.82, 2.24) is 0 Å². The fourth-order valence-electron chi connectivity index (χ4n) is 1.91. The van der Waals surface area contributed by atoms with Gasteiger partial charge in [-0.05, 0) is 61.7 Å². The van der Waals surface area contributed by atoms with Gasteiger partial charge in [0.1, 0.15) is 11.4 Å². The Morgan fingerprint density at radius 1 is 0.909 bits per heavy atom. The van der Waals surface area contributed by atoms with Crippen LogP contribution in [0.3, 0.4) is 0 Å². The van der Waals surface area contributed by atoms with Crippen LogP contribution in [0.4, 0.5) is 11.4 Å². The third kappa shape index (κ3) is 3.49. The quantitative estimate of drug-likeness (QED) is 0.660. The molecule has 0 fully saturated rings. The van der Waals surface area contributed by atoms with Gasteiger partial charge in [-0.2, -0.15) is 13.5 Å². The number of nitrogens with zero attached hydrogens (tertiary/aromatic N) is 2. The van der Waals surface area contributed by atoms with E-state index in [1.807, 2.05) is 13.8 Å². The largest absolute Gasteiger partial charge is 0.506 e. The van der Waals surface area contributed by atoms with Crippen LogP contribution in [0.5, 0.6) is 5.75 Å². The van der Waals surface area contributed by atoms with Crippen LogP contribution in [0.2, 0.25) is 0 Å². The summed E-state index contributed by atoms with van der Waals surface area (Å²) in [5, 5.41) is 17.7. The van der Waals surface area contributed by atoms with E-state index in [1.54, 1.807) is 25.1 Å². The van der Waals surface area contributed by atoms with Gasteiger partial charge >= 0.3 is 0 Å². The predicted octanol–water partition coefficient (Wildman–Crippen LogP) is 3.98. The molecule has 2 aromatic carbocycles. The van der Waals surface area contributed by atoms with Crippen LogP contribution in [0.15, 0.2) is 45.5 Å². The molecule has 2 aromatic rings. The van der Waals surface area contributed by atoms with Crippen molar-refractivity contribution < 1.29 is 18.1 Å². The zero-order valence-corrected chi connectivity index (χ0v) is 13.2. The Bertz CT molecular complexity index is 858. The van der Waals surface area contributed by atoms with Gasteiger partial charge in [-0.1, -0.05) is 6.07 Å². The highest BCUT2D eigenvalue weighted by atomic mass is 32.2. The van der Waals surface area contributed by atoms with Gasteiger partial charge in [-0.3, -0.25) is 4.55 Å². The van der Waals surface area contributed by atoms with Crippen molar-refractivity contribution in [2.45, 2.75) is 25.7 Å². The lowest BCUT2D eigenvalue weighted by Gasteiger charge is -2.04. The summed E-state index contributed by atoms with van der Waals surface area (Å²) >= 11 is 0. The molecule has 0 bridgehead atoms. The van der Waals surface area contributed by atoms with E-state index in [0.717, 1.165) is 11.1 Å². The minimum Gasteiger partial charge on any atom is -0.506 e. The molecule has 0 atom stereocenters. The van der Waals surface area contributed by atoms with E-state index in [0.29, 0.717) is 5.56 Å². The highest BCUT2D eigenvalue weighted by molar-refractivity contribution is 7.85.